The average molecular weight is 411 g/mol. The van der Waals surface area contributed by atoms with E-state index in [9.17, 15) is 14.4 Å². The number of nitrogens with one attached hydrogen (secondary N) is 1. The maximum Gasteiger partial charge on any atom is 0.325 e. The zero-order chi connectivity index (χ0) is 21.3. The first-order valence-electron chi connectivity index (χ1n) is 10.1. The lowest BCUT2D eigenvalue weighted by Crippen LogP contribution is -2.58. The first-order chi connectivity index (χ1) is 14.4. The first kappa shape index (κ1) is 20.0. The maximum atomic E-state index is 12.9. The summed E-state index contributed by atoms with van der Waals surface area (Å²) in [6.07, 6.45) is 2.43. The van der Waals surface area contributed by atoms with Crippen LogP contribution in [0.15, 0.2) is 30.6 Å². The number of piperidine rings is 1. The molecule has 2 fully saturated rings. The number of nitrogens with zero attached hydrogens (tertiary/aromatic N) is 6. The molecule has 10 nitrogen and oxygen atoms in total. The molecule has 4 rings (SSSR count). The van der Waals surface area contributed by atoms with Crippen molar-refractivity contribution < 1.29 is 14.4 Å². The van der Waals surface area contributed by atoms with Crippen LogP contribution in [-0.2, 0) is 11.3 Å². The lowest BCUT2D eigenvalue weighted by Gasteiger charge is -2.42. The summed E-state index contributed by atoms with van der Waals surface area (Å²) in [5, 5.41) is 13.5. The standard InChI is InChI=1S/C20H25N7O3/c1-14(2)11-27-19(30)22-18(29)20(27)7-9-25(10-8-20)17(28)16-5-3-15(4-6-16)12-26-13-21-23-24-26/h3-6,13-14H,7-12H2,1-2H3,(H,22,29,30). The highest BCUT2D eigenvalue weighted by Gasteiger charge is 2.54. The van der Waals surface area contributed by atoms with Gasteiger partial charge in [-0.05, 0) is 46.9 Å². The summed E-state index contributed by atoms with van der Waals surface area (Å²) in [7, 11) is 0. The molecule has 0 unspecified atom stereocenters. The van der Waals surface area contributed by atoms with Gasteiger partial charge in [0.1, 0.15) is 11.9 Å². The van der Waals surface area contributed by atoms with E-state index < -0.39 is 5.54 Å². The number of imide groups is 1. The Kier molecular flexibility index (Phi) is 5.23. The van der Waals surface area contributed by atoms with Crippen LogP contribution in [-0.4, -0.2) is 73.0 Å². The van der Waals surface area contributed by atoms with E-state index >= 15 is 0 Å². The molecular formula is C20H25N7O3. The molecule has 158 valence electrons. The van der Waals surface area contributed by atoms with Crippen LogP contribution in [0, 0.1) is 5.92 Å². The lowest BCUT2D eigenvalue weighted by molar-refractivity contribution is -0.129. The Morgan fingerprint density at radius 3 is 2.47 bits per heavy atom. The monoisotopic (exact) mass is 411 g/mol. The number of tetrazole rings is 1. The van der Waals surface area contributed by atoms with Crippen LogP contribution >= 0.6 is 0 Å². The second-order valence-electron chi connectivity index (χ2n) is 8.29. The molecule has 2 saturated heterocycles. The second-order valence-corrected chi connectivity index (χ2v) is 8.29. The molecule has 0 bridgehead atoms. The Hall–Kier alpha value is -3.30. The van der Waals surface area contributed by atoms with Crippen molar-refractivity contribution in [3.8, 4) is 0 Å². The van der Waals surface area contributed by atoms with Gasteiger partial charge in [-0.3, -0.25) is 14.9 Å². The van der Waals surface area contributed by atoms with Crippen molar-refractivity contribution in [2.24, 2.45) is 5.92 Å². The van der Waals surface area contributed by atoms with Gasteiger partial charge in [0.2, 0.25) is 0 Å². The third-order valence-corrected chi connectivity index (χ3v) is 5.77. The van der Waals surface area contributed by atoms with Crippen LogP contribution in [0.25, 0.3) is 0 Å². The molecule has 1 N–H and O–H groups in total. The highest BCUT2D eigenvalue weighted by atomic mass is 16.2. The second kappa shape index (κ2) is 7.85. The highest BCUT2D eigenvalue weighted by Crippen LogP contribution is 2.34. The fraction of sp³-hybridized carbons (Fsp3) is 0.500. The molecule has 3 heterocycles. The molecule has 0 saturated carbocycles. The summed E-state index contributed by atoms with van der Waals surface area (Å²) in [4.78, 5) is 41.2. The number of hydrogen-bond donors (Lipinski definition) is 1. The molecule has 0 aliphatic carbocycles. The summed E-state index contributed by atoms with van der Waals surface area (Å²) >= 11 is 0. The predicted octanol–water partition coefficient (Wildman–Crippen LogP) is 0.904. The molecule has 2 aromatic rings. The molecule has 1 aromatic carbocycles. The van der Waals surface area contributed by atoms with Gasteiger partial charge in [-0.1, -0.05) is 26.0 Å². The Balaban J connectivity index is 1.41. The Morgan fingerprint density at radius 2 is 1.87 bits per heavy atom. The van der Waals surface area contributed by atoms with Crippen molar-refractivity contribution in [2.75, 3.05) is 19.6 Å². The van der Waals surface area contributed by atoms with Gasteiger partial charge >= 0.3 is 6.03 Å². The van der Waals surface area contributed by atoms with E-state index in [1.807, 2.05) is 26.0 Å². The van der Waals surface area contributed by atoms with E-state index in [1.54, 1.807) is 26.6 Å². The van der Waals surface area contributed by atoms with Gasteiger partial charge in [0.05, 0.1) is 6.54 Å². The summed E-state index contributed by atoms with van der Waals surface area (Å²) in [5.74, 6) is -0.0591. The molecule has 1 aromatic heterocycles. The van der Waals surface area contributed by atoms with Crippen molar-refractivity contribution in [1.82, 2.24) is 35.3 Å². The largest absolute Gasteiger partial charge is 0.338 e. The molecular weight excluding hydrogens is 386 g/mol. The molecule has 10 heteroatoms. The van der Waals surface area contributed by atoms with Gasteiger partial charge in [0, 0.05) is 25.2 Å². The van der Waals surface area contributed by atoms with Crippen molar-refractivity contribution in [1.29, 1.82) is 0 Å². The van der Waals surface area contributed by atoms with Crippen LogP contribution in [0.2, 0.25) is 0 Å². The van der Waals surface area contributed by atoms with Gasteiger partial charge in [-0.25, -0.2) is 9.48 Å². The van der Waals surface area contributed by atoms with Gasteiger partial charge < -0.3 is 9.80 Å². The van der Waals surface area contributed by atoms with Gasteiger partial charge in [-0.2, -0.15) is 0 Å². The molecule has 4 amide bonds. The van der Waals surface area contributed by atoms with E-state index in [4.69, 9.17) is 0 Å². The van der Waals surface area contributed by atoms with Crippen LogP contribution < -0.4 is 5.32 Å². The quantitative estimate of drug-likeness (QED) is 0.732. The minimum atomic E-state index is -0.839. The number of likely N-dealkylation sites (tertiary alicyclic amines) is 1. The summed E-state index contributed by atoms with van der Waals surface area (Å²) in [6.45, 7) is 5.95. The van der Waals surface area contributed by atoms with Gasteiger partial charge in [0.15, 0.2) is 0 Å². The number of amides is 4. The predicted molar refractivity (Wildman–Crippen MR) is 106 cm³/mol. The lowest BCUT2D eigenvalue weighted by atomic mass is 9.85. The number of benzene rings is 1. The average Bonchev–Trinajstić information content (AvgIpc) is 3.31. The summed E-state index contributed by atoms with van der Waals surface area (Å²) in [6, 6.07) is 7.03. The van der Waals surface area contributed by atoms with Crippen LogP contribution in [0.4, 0.5) is 4.79 Å². The smallest absolute Gasteiger partial charge is 0.325 e. The number of hydrogen-bond acceptors (Lipinski definition) is 6. The van der Waals surface area contributed by atoms with Crippen LogP contribution in [0.3, 0.4) is 0 Å². The normalized spacial score (nSPS) is 18.4. The van der Waals surface area contributed by atoms with E-state index in [2.05, 4.69) is 20.8 Å². The molecule has 1 spiro atoms. The zero-order valence-electron chi connectivity index (χ0n) is 17.1. The highest BCUT2D eigenvalue weighted by molar-refractivity contribution is 6.07. The molecule has 2 aliphatic rings. The Morgan fingerprint density at radius 1 is 1.17 bits per heavy atom. The number of carbonyl (C=O) groups is 3. The fourth-order valence-corrected chi connectivity index (χ4v) is 4.17. The number of aromatic nitrogens is 4. The van der Waals surface area contributed by atoms with E-state index in [-0.39, 0.29) is 23.8 Å². The minimum Gasteiger partial charge on any atom is -0.338 e. The third-order valence-electron chi connectivity index (χ3n) is 5.77. The van der Waals surface area contributed by atoms with E-state index in [0.717, 1.165) is 5.56 Å². The van der Waals surface area contributed by atoms with Gasteiger partial charge in [0.25, 0.3) is 11.8 Å². The number of urea groups is 1. The van der Waals surface area contributed by atoms with Crippen molar-refractivity contribution in [3.63, 3.8) is 0 Å². The van der Waals surface area contributed by atoms with Crippen LogP contribution in [0.1, 0.15) is 42.6 Å². The minimum absolute atomic E-state index is 0.0704. The molecule has 30 heavy (non-hydrogen) atoms. The van der Waals surface area contributed by atoms with Crippen molar-refractivity contribution in [2.45, 2.75) is 38.8 Å². The molecule has 2 aliphatic heterocycles. The van der Waals surface area contributed by atoms with Crippen molar-refractivity contribution >= 4 is 17.8 Å². The number of carbonyl (C=O) groups excluding carboxylic acids is 3. The topological polar surface area (TPSA) is 113 Å². The first-order valence-corrected chi connectivity index (χ1v) is 10.1. The van der Waals surface area contributed by atoms with E-state index in [1.165, 1.54) is 6.33 Å². The number of rotatable bonds is 5. The Labute approximate surface area is 174 Å². The third kappa shape index (κ3) is 3.64. The Bertz CT molecular complexity index is 932. The molecule has 0 atom stereocenters. The summed E-state index contributed by atoms with van der Waals surface area (Å²) < 4.78 is 1.61. The van der Waals surface area contributed by atoms with E-state index in [0.29, 0.717) is 44.6 Å². The van der Waals surface area contributed by atoms with Crippen molar-refractivity contribution in [3.05, 3.63) is 41.7 Å². The maximum absolute atomic E-state index is 12.9. The SMILES string of the molecule is CC(C)CN1C(=O)NC(=O)C12CCN(C(=O)c1ccc(Cn3cnnn3)cc1)CC2. The fourth-order valence-electron chi connectivity index (χ4n) is 4.17. The summed E-state index contributed by atoms with van der Waals surface area (Å²) in [5.41, 5.74) is 0.743. The van der Waals surface area contributed by atoms with Gasteiger partial charge in [-0.15, -0.1) is 5.10 Å². The molecule has 0 radical (unpaired) electrons. The zero-order valence-corrected chi connectivity index (χ0v) is 17.1. The van der Waals surface area contributed by atoms with Crippen LogP contribution in [0.5, 0.6) is 0 Å².